The standard InChI is InChI=1S/C19H28N2O4/c1-5-9-20-10-8-15-6-7-18(22)21(15)13-14-11-16(23-2)19(25-4)17(12-14)24-3/h5,11-12,15,20H,1,6-10,13H2,2-4H3/t15-/m0/s1. The molecule has 1 aromatic carbocycles. The minimum Gasteiger partial charge on any atom is -0.493 e. The molecule has 1 amide bonds. The zero-order valence-corrected chi connectivity index (χ0v) is 15.3. The Morgan fingerprint density at radius 2 is 1.92 bits per heavy atom. The topological polar surface area (TPSA) is 60.0 Å². The summed E-state index contributed by atoms with van der Waals surface area (Å²) in [7, 11) is 4.77. The number of hydrogen-bond donors (Lipinski definition) is 1. The predicted molar refractivity (Wildman–Crippen MR) is 97.4 cm³/mol. The van der Waals surface area contributed by atoms with Crippen molar-refractivity contribution in [3.05, 3.63) is 30.4 Å². The van der Waals surface area contributed by atoms with Gasteiger partial charge in [0.05, 0.1) is 21.3 Å². The summed E-state index contributed by atoms with van der Waals surface area (Å²) in [4.78, 5) is 14.3. The molecular weight excluding hydrogens is 320 g/mol. The summed E-state index contributed by atoms with van der Waals surface area (Å²) in [5, 5.41) is 3.30. The Balaban J connectivity index is 2.12. The Bertz CT molecular complexity index is 578. The molecule has 0 spiro atoms. The zero-order valence-electron chi connectivity index (χ0n) is 15.3. The highest BCUT2D eigenvalue weighted by molar-refractivity contribution is 5.78. The molecule has 1 aliphatic rings. The number of nitrogens with one attached hydrogen (secondary N) is 1. The number of benzene rings is 1. The lowest BCUT2D eigenvalue weighted by Gasteiger charge is -2.26. The van der Waals surface area contributed by atoms with Crippen molar-refractivity contribution < 1.29 is 19.0 Å². The molecule has 1 saturated heterocycles. The van der Waals surface area contributed by atoms with Crippen molar-refractivity contribution in [3.63, 3.8) is 0 Å². The average Bonchev–Trinajstić information content (AvgIpc) is 2.97. The van der Waals surface area contributed by atoms with E-state index in [9.17, 15) is 4.79 Å². The number of rotatable bonds is 10. The lowest BCUT2D eigenvalue weighted by molar-refractivity contribution is -0.129. The maximum atomic E-state index is 12.3. The molecule has 0 unspecified atom stereocenters. The second kappa shape index (κ2) is 9.32. The Hall–Kier alpha value is -2.21. The fraction of sp³-hybridized carbons (Fsp3) is 0.526. The van der Waals surface area contributed by atoms with Crippen LogP contribution in [0.1, 0.15) is 24.8 Å². The van der Waals surface area contributed by atoms with E-state index in [0.717, 1.165) is 31.5 Å². The molecule has 0 aliphatic carbocycles. The smallest absolute Gasteiger partial charge is 0.223 e. The van der Waals surface area contributed by atoms with Crippen LogP contribution < -0.4 is 19.5 Å². The number of amides is 1. The molecular formula is C19H28N2O4. The molecule has 1 fully saturated rings. The number of methoxy groups -OCH3 is 3. The van der Waals surface area contributed by atoms with Gasteiger partial charge in [0.15, 0.2) is 11.5 Å². The Morgan fingerprint density at radius 3 is 2.48 bits per heavy atom. The van der Waals surface area contributed by atoms with Crippen molar-refractivity contribution in [2.75, 3.05) is 34.4 Å². The molecule has 1 aromatic rings. The lowest BCUT2D eigenvalue weighted by atomic mass is 10.1. The van der Waals surface area contributed by atoms with Crippen LogP contribution in [0.4, 0.5) is 0 Å². The van der Waals surface area contributed by atoms with Gasteiger partial charge in [0, 0.05) is 25.6 Å². The minimum atomic E-state index is 0.197. The number of ether oxygens (including phenoxy) is 3. The van der Waals surface area contributed by atoms with E-state index in [-0.39, 0.29) is 11.9 Å². The van der Waals surface area contributed by atoms with Gasteiger partial charge in [0.25, 0.3) is 0 Å². The molecule has 25 heavy (non-hydrogen) atoms. The Kier molecular flexibility index (Phi) is 7.13. The second-order valence-electron chi connectivity index (χ2n) is 6.03. The van der Waals surface area contributed by atoms with E-state index >= 15 is 0 Å². The first-order valence-electron chi connectivity index (χ1n) is 8.54. The summed E-state index contributed by atoms with van der Waals surface area (Å²) in [6.07, 6.45) is 4.28. The molecule has 6 heteroatoms. The van der Waals surface area contributed by atoms with Crippen LogP contribution in [0, 0.1) is 0 Å². The van der Waals surface area contributed by atoms with Gasteiger partial charge < -0.3 is 24.4 Å². The highest BCUT2D eigenvalue weighted by atomic mass is 16.5. The largest absolute Gasteiger partial charge is 0.493 e. The summed E-state index contributed by atoms with van der Waals surface area (Å²) in [5.41, 5.74) is 0.966. The van der Waals surface area contributed by atoms with Crippen LogP contribution in [0.3, 0.4) is 0 Å². The van der Waals surface area contributed by atoms with Gasteiger partial charge in [-0.1, -0.05) is 6.08 Å². The van der Waals surface area contributed by atoms with Crippen molar-refractivity contribution in [2.45, 2.75) is 31.8 Å². The molecule has 0 aromatic heterocycles. The molecule has 2 rings (SSSR count). The molecule has 6 nitrogen and oxygen atoms in total. The summed E-state index contributed by atoms with van der Waals surface area (Å²) < 4.78 is 16.2. The lowest BCUT2D eigenvalue weighted by Crippen LogP contribution is -2.34. The van der Waals surface area contributed by atoms with E-state index < -0.39 is 0 Å². The summed E-state index contributed by atoms with van der Waals surface area (Å²) in [5.74, 6) is 1.97. The van der Waals surface area contributed by atoms with E-state index in [4.69, 9.17) is 14.2 Å². The number of likely N-dealkylation sites (tertiary alicyclic amines) is 1. The normalized spacial score (nSPS) is 16.8. The SMILES string of the molecule is C=CCNCC[C@@H]1CCC(=O)N1Cc1cc(OC)c(OC)c(OC)c1. The molecule has 1 heterocycles. The fourth-order valence-electron chi connectivity index (χ4n) is 3.21. The highest BCUT2D eigenvalue weighted by Gasteiger charge is 2.30. The number of carbonyl (C=O) groups is 1. The summed E-state index contributed by atoms with van der Waals surface area (Å²) >= 11 is 0. The van der Waals surface area contributed by atoms with Gasteiger partial charge in [-0.3, -0.25) is 4.79 Å². The van der Waals surface area contributed by atoms with Gasteiger partial charge in [-0.25, -0.2) is 0 Å². The predicted octanol–water partition coefficient (Wildman–Crippen LogP) is 2.37. The summed E-state index contributed by atoms with van der Waals surface area (Å²) in [6, 6.07) is 4.06. The fourth-order valence-corrected chi connectivity index (χ4v) is 3.21. The number of carbonyl (C=O) groups excluding carboxylic acids is 1. The van der Waals surface area contributed by atoms with Gasteiger partial charge in [0.1, 0.15) is 0 Å². The number of nitrogens with zero attached hydrogens (tertiary/aromatic N) is 1. The Morgan fingerprint density at radius 1 is 1.24 bits per heavy atom. The van der Waals surface area contributed by atoms with Crippen molar-refractivity contribution in [1.82, 2.24) is 10.2 Å². The molecule has 1 atom stereocenters. The molecule has 138 valence electrons. The molecule has 0 bridgehead atoms. The molecule has 1 aliphatic heterocycles. The van der Waals surface area contributed by atoms with Gasteiger partial charge in [-0.05, 0) is 37.1 Å². The van der Waals surface area contributed by atoms with Crippen LogP contribution in [-0.4, -0.2) is 51.3 Å². The maximum Gasteiger partial charge on any atom is 0.223 e. The van der Waals surface area contributed by atoms with Crippen LogP contribution in [0.2, 0.25) is 0 Å². The monoisotopic (exact) mass is 348 g/mol. The quantitative estimate of drug-likeness (QED) is 0.520. The molecule has 0 radical (unpaired) electrons. The van der Waals surface area contributed by atoms with E-state index in [2.05, 4.69) is 11.9 Å². The van der Waals surface area contributed by atoms with Crippen LogP contribution in [0.15, 0.2) is 24.8 Å². The van der Waals surface area contributed by atoms with E-state index in [1.807, 2.05) is 23.1 Å². The number of hydrogen-bond acceptors (Lipinski definition) is 5. The average molecular weight is 348 g/mol. The highest BCUT2D eigenvalue weighted by Crippen LogP contribution is 2.39. The Labute approximate surface area is 149 Å². The van der Waals surface area contributed by atoms with Crippen LogP contribution in [0.5, 0.6) is 17.2 Å². The van der Waals surface area contributed by atoms with Crippen molar-refractivity contribution >= 4 is 5.91 Å². The van der Waals surface area contributed by atoms with Gasteiger partial charge in [-0.15, -0.1) is 6.58 Å². The van der Waals surface area contributed by atoms with E-state index in [1.54, 1.807) is 21.3 Å². The van der Waals surface area contributed by atoms with E-state index in [0.29, 0.717) is 30.2 Å². The first-order valence-corrected chi connectivity index (χ1v) is 8.54. The summed E-state index contributed by atoms with van der Waals surface area (Å²) in [6.45, 7) is 5.90. The van der Waals surface area contributed by atoms with Crippen molar-refractivity contribution in [3.8, 4) is 17.2 Å². The van der Waals surface area contributed by atoms with Crippen LogP contribution in [0.25, 0.3) is 0 Å². The van der Waals surface area contributed by atoms with Crippen LogP contribution in [-0.2, 0) is 11.3 Å². The minimum absolute atomic E-state index is 0.197. The molecule has 1 N–H and O–H groups in total. The van der Waals surface area contributed by atoms with Crippen molar-refractivity contribution in [2.24, 2.45) is 0 Å². The van der Waals surface area contributed by atoms with Gasteiger partial charge in [-0.2, -0.15) is 0 Å². The van der Waals surface area contributed by atoms with Gasteiger partial charge in [0.2, 0.25) is 11.7 Å². The first-order chi connectivity index (χ1) is 12.1. The molecule has 0 saturated carbocycles. The third-order valence-corrected chi connectivity index (χ3v) is 4.47. The third-order valence-electron chi connectivity index (χ3n) is 4.47. The van der Waals surface area contributed by atoms with E-state index in [1.165, 1.54) is 0 Å². The second-order valence-corrected chi connectivity index (χ2v) is 6.03. The maximum absolute atomic E-state index is 12.3. The first kappa shape index (κ1) is 19.1. The third kappa shape index (κ3) is 4.66. The zero-order chi connectivity index (χ0) is 18.2. The van der Waals surface area contributed by atoms with Crippen LogP contribution >= 0.6 is 0 Å². The van der Waals surface area contributed by atoms with Gasteiger partial charge >= 0.3 is 0 Å². The van der Waals surface area contributed by atoms with Crippen molar-refractivity contribution in [1.29, 1.82) is 0 Å².